The second kappa shape index (κ2) is 6.18. The molecule has 0 aliphatic carbocycles. The summed E-state index contributed by atoms with van der Waals surface area (Å²) >= 11 is 6.27. The maximum Gasteiger partial charge on any atom is 0.0949 e. The van der Waals surface area contributed by atoms with Crippen LogP contribution >= 0.6 is 11.6 Å². The normalized spacial score (nSPS) is 18.7. The van der Waals surface area contributed by atoms with Gasteiger partial charge in [0.25, 0.3) is 0 Å². The van der Waals surface area contributed by atoms with Gasteiger partial charge in [-0.25, -0.2) is 4.98 Å². The van der Waals surface area contributed by atoms with Gasteiger partial charge in [-0.3, -0.25) is 4.90 Å². The third kappa shape index (κ3) is 2.98. The summed E-state index contributed by atoms with van der Waals surface area (Å²) < 4.78 is 7.51. The van der Waals surface area contributed by atoms with Crippen LogP contribution < -0.4 is 0 Å². The SMILES string of the molecule is COC[C@@H]1CN(Cc2ccccc2Cl)Cc2ncn(C)c21. The molecule has 0 fully saturated rings. The van der Waals surface area contributed by atoms with Crippen molar-refractivity contribution in [3.05, 3.63) is 52.6 Å². The minimum Gasteiger partial charge on any atom is -0.384 e. The van der Waals surface area contributed by atoms with Crippen LogP contribution in [0.4, 0.5) is 0 Å². The van der Waals surface area contributed by atoms with Crippen LogP contribution in [0.5, 0.6) is 0 Å². The molecule has 1 aliphatic heterocycles. The number of methoxy groups -OCH3 is 1. The first-order chi connectivity index (χ1) is 10.2. The highest BCUT2D eigenvalue weighted by molar-refractivity contribution is 6.31. The van der Waals surface area contributed by atoms with Gasteiger partial charge in [0, 0.05) is 50.4 Å². The van der Waals surface area contributed by atoms with Crippen LogP contribution in [0.1, 0.15) is 22.9 Å². The fraction of sp³-hybridized carbons (Fsp3) is 0.438. The van der Waals surface area contributed by atoms with Gasteiger partial charge in [-0.1, -0.05) is 29.8 Å². The van der Waals surface area contributed by atoms with Crippen molar-refractivity contribution >= 4 is 11.6 Å². The lowest BCUT2D eigenvalue weighted by Crippen LogP contribution is -2.35. The summed E-state index contributed by atoms with van der Waals surface area (Å²) in [6.07, 6.45) is 1.90. The number of aryl methyl sites for hydroxylation is 1. The lowest BCUT2D eigenvalue weighted by Gasteiger charge is -2.32. The fourth-order valence-corrected chi connectivity index (χ4v) is 3.32. The lowest BCUT2D eigenvalue weighted by molar-refractivity contribution is 0.132. The molecule has 0 spiro atoms. The van der Waals surface area contributed by atoms with Crippen molar-refractivity contribution in [3.8, 4) is 0 Å². The zero-order valence-corrected chi connectivity index (χ0v) is 13.2. The average molecular weight is 306 g/mol. The van der Waals surface area contributed by atoms with Gasteiger partial charge in [0.1, 0.15) is 0 Å². The summed E-state index contributed by atoms with van der Waals surface area (Å²) in [5, 5.41) is 0.826. The Bertz CT molecular complexity index is 626. The second-order valence-electron chi connectivity index (χ2n) is 5.60. The van der Waals surface area contributed by atoms with E-state index in [0.717, 1.165) is 35.9 Å². The zero-order valence-electron chi connectivity index (χ0n) is 12.4. The Morgan fingerprint density at radius 3 is 2.95 bits per heavy atom. The largest absolute Gasteiger partial charge is 0.384 e. The lowest BCUT2D eigenvalue weighted by atomic mass is 9.98. The van der Waals surface area contributed by atoms with E-state index in [1.165, 1.54) is 5.69 Å². The predicted octanol–water partition coefficient (Wildman–Crippen LogP) is 2.82. The first kappa shape index (κ1) is 14.6. The van der Waals surface area contributed by atoms with E-state index in [-0.39, 0.29) is 0 Å². The molecule has 0 saturated carbocycles. The topological polar surface area (TPSA) is 30.3 Å². The molecule has 1 aromatic carbocycles. The van der Waals surface area contributed by atoms with E-state index in [2.05, 4.69) is 27.6 Å². The van der Waals surface area contributed by atoms with Crippen molar-refractivity contribution in [1.29, 1.82) is 0 Å². The average Bonchev–Trinajstić information content (AvgIpc) is 2.83. The molecule has 0 unspecified atom stereocenters. The van der Waals surface area contributed by atoms with Crippen molar-refractivity contribution in [2.24, 2.45) is 7.05 Å². The van der Waals surface area contributed by atoms with E-state index in [9.17, 15) is 0 Å². The molecule has 3 rings (SSSR count). The molecule has 4 nitrogen and oxygen atoms in total. The number of hydrogen-bond acceptors (Lipinski definition) is 3. The number of halogens is 1. The Morgan fingerprint density at radius 1 is 1.38 bits per heavy atom. The standard InChI is InChI=1S/C16H20ClN3O/c1-19-11-18-15-9-20(8-13(10-21-2)16(15)19)7-12-5-3-4-6-14(12)17/h3-6,11,13H,7-10H2,1-2H3/t13-/m0/s1. The molecule has 0 bridgehead atoms. The van der Waals surface area contributed by atoms with E-state index in [0.29, 0.717) is 12.5 Å². The Hall–Kier alpha value is -1.36. The van der Waals surface area contributed by atoms with Crippen molar-refractivity contribution < 1.29 is 4.74 Å². The number of aromatic nitrogens is 2. The summed E-state index contributed by atoms with van der Waals surface area (Å²) in [6, 6.07) is 8.03. The molecule has 112 valence electrons. The van der Waals surface area contributed by atoms with E-state index >= 15 is 0 Å². The Kier molecular flexibility index (Phi) is 4.29. The van der Waals surface area contributed by atoms with Crippen LogP contribution in [-0.2, 0) is 24.9 Å². The Labute approximate surface area is 130 Å². The van der Waals surface area contributed by atoms with E-state index in [1.807, 2.05) is 24.5 Å². The number of ether oxygens (including phenoxy) is 1. The Morgan fingerprint density at radius 2 is 2.19 bits per heavy atom. The van der Waals surface area contributed by atoms with Gasteiger partial charge >= 0.3 is 0 Å². The summed E-state index contributed by atoms with van der Waals surface area (Å²) in [6.45, 7) is 3.38. The molecule has 0 amide bonds. The molecule has 1 atom stereocenters. The van der Waals surface area contributed by atoms with Gasteiger partial charge in [-0.05, 0) is 11.6 Å². The van der Waals surface area contributed by atoms with E-state index < -0.39 is 0 Å². The minimum atomic E-state index is 0.355. The summed E-state index contributed by atoms with van der Waals surface area (Å²) in [7, 11) is 3.81. The van der Waals surface area contributed by atoms with Gasteiger partial charge < -0.3 is 9.30 Å². The Balaban J connectivity index is 1.82. The van der Waals surface area contributed by atoms with Gasteiger partial charge in [-0.15, -0.1) is 0 Å². The smallest absolute Gasteiger partial charge is 0.0949 e. The molecule has 1 aromatic heterocycles. The zero-order chi connectivity index (χ0) is 14.8. The van der Waals surface area contributed by atoms with Crippen molar-refractivity contribution in [1.82, 2.24) is 14.5 Å². The molecular formula is C16H20ClN3O. The van der Waals surface area contributed by atoms with Gasteiger partial charge in [0.05, 0.1) is 18.6 Å². The first-order valence-electron chi connectivity index (χ1n) is 7.14. The summed E-state index contributed by atoms with van der Waals surface area (Å²) in [5.41, 5.74) is 3.61. The summed E-state index contributed by atoms with van der Waals surface area (Å²) in [5.74, 6) is 0.355. The minimum absolute atomic E-state index is 0.355. The van der Waals surface area contributed by atoms with Crippen molar-refractivity contribution in [3.63, 3.8) is 0 Å². The van der Waals surface area contributed by atoms with Crippen LogP contribution in [0.2, 0.25) is 5.02 Å². The molecule has 5 heteroatoms. The van der Waals surface area contributed by atoms with E-state index in [1.54, 1.807) is 7.11 Å². The molecule has 1 aliphatic rings. The number of hydrogen-bond donors (Lipinski definition) is 0. The molecule has 0 N–H and O–H groups in total. The number of rotatable bonds is 4. The third-order valence-corrected chi connectivity index (χ3v) is 4.39. The highest BCUT2D eigenvalue weighted by atomic mass is 35.5. The number of benzene rings is 1. The molecule has 21 heavy (non-hydrogen) atoms. The molecule has 2 heterocycles. The monoisotopic (exact) mass is 305 g/mol. The second-order valence-corrected chi connectivity index (χ2v) is 6.01. The molecule has 0 radical (unpaired) electrons. The maximum absolute atomic E-state index is 6.27. The van der Waals surface area contributed by atoms with Crippen LogP contribution in [0.25, 0.3) is 0 Å². The predicted molar refractivity (Wildman–Crippen MR) is 83.4 cm³/mol. The maximum atomic E-state index is 6.27. The van der Waals surface area contributed by atoms with Crippen LogP contribution in [0.15, 0.2) is 30.6 Å². The molecular weight excluding hydrogens is 286 g/mol. The van der Waals surface area contributed by atoms with Gasteiger partial charge in [-0.2, -0.15) is 0 Å². The highest BCUT2D eigenvalue weighted by Crippen LogP contribution is 2.29. The molecule has 2 aromatic rings. The van der Waals surface area contributed by atoms with Gasteiger partial charge in [0.2, 0.25) is 0 Å². The van der Waals surface area contributed by atoms with Gasteiger partial charge in [0.15, 0.2) is 0 Å². The number of fused-ring (bicyclic) bond motifs is 1. The molecule has 0 saturated heterocycles. The van der Waals surface area contributed by atoms with Crippen molar-refractivity contribution in [2.75, 3.05) is 20.3 Å². The first-order valence-corrected chi connectivity index (χ1v) is 7.51. The quantitative estimate of drug-likeness (QED) is 0.870. The van der Waals surface area contributed by atoms with Crippen LogP contribution in [-0.4, -0.2) is 34.7 Å². The van der Waals surface area contributed by atoms with Crippen LogP contribution in [0.3, 0.4) is 0 Å². The number of imidazole rings is 1. The van der Waals surface area contributed by atoms with E-state index in [4.69, 9.17) is 16.3 Å². The number of nitrogens with zero attached hydrogens (tertiary/aromatic N) is 3. The van der Waals surface area contributed by atoms with Crippen molar-refractivity contribution in [2.45, 2.75) is 19.0 Å². The van der Waals surface area contributed by atoms with Crippen LogP contribution in [0, 0.1) is 0 Å². The summed E-state index contributed by atoms with van der Waals surface area (Å²) in [4.78, 5) is 6.92. The highest BCUT2D eigenvalue weighted by Gasteiger charge is 2.29. The third-order valence-electron chi connectivity index (χ3n) is 4.02. The fourth-order valence-electron chi connectivity index (χ4n) is 3.13.